The van der Waals surface area contributed by atoms with E-state index in [1.165, 1.54) is 11.2 Å². The number of rotatable bonds is 2. The maximum atomic E-state index is 12.1. The third kappa shape index (κ3) is 3.15. The van der Waals surface area contributed by atoms with Crippen LogP contribution in [-0.4, -0.2) is 57.1 Å². The monoisotopic (exact) mass is 373 g/mol. The van der Waals surface area contributed by atoms with Crippen molar-refractivity contribution < 1.29 is 9.90 Å². The van der Waals surface area contributed by atoms with Crippen LogP contribution >= 0.6 is 0 Å². The molecule has 28 heavy (non-hydrogen) atoms. The van der Waals surface area contributed by atoms with E-state index in [9.17, 15) is 9.90 Å². The average molecular weight is 373 g/mol. The number of likely N-dealkylation sites (tertiary alicyclic amines) is 1. The number of fused-ring (bicyclic) bond motifs is 1. The van der Waals surface area contributed by atoms with Crippen LogP contribution in [0, 0.1) is 11.8 Å². The molecular weight excluding hydrogens is 354 g/mol. The number of carbonyl (C=O) groups excluding carboxylic acids is 1. The molecule has 1 saturated heterocycles. The van der Waals surface area contributed by atoms with Gasteiger partial charge in [0, 0.05) is 38.2 Å². The van der Waals surface area contributed by atoms with Crippen molar-refractivity contribution in [3.63, 3.8) is 0 Å². The summed E-state index contributed by atoms with van der Waals surface area (Å²) in [6, 6.07) is 11.3. The number of aliphatic hydroxyl groups is 1. The van der Waals surface area contributed by atoms with Crippen LogP contribution in [0.4, 0.5) is 5.82 Å². The Bertz CT molecular complexity index is 1130. The summed E-state index contributed by atoms with van der Waals surface area (Å²) in [6.45, 7) is 0.501. The van der Waals surface area contributed by atoms with Crippen molar-refractivity contribution in [3.8, 4) is 23.1 Å². The minimum absolute atomic E-state index is 0.314. The number of likely N-dealkylation sites (N-methyl/N-ethyl adjacent to an activating group) is 1. The van der Waals surface area contributed by atoms with E-state index in [0.29, 0.717) is 29.9 Å². The molecule has 2 N–H and O–H groups in total. The molecule has 1 fully saturated rings. The molecule has 0 spiro atoms. The average Bonchev–Trinajstić information content (AvgIpc) is 2.99. The summed E-state index contributed by atoms with van der Waals surface area (Å²) in [6.07, 6.45) is 1.81. The van der Waals surface area contributed by atoms with Gasteiger partial charge in [0.15, 0.2) is 5.82 Å². The van der Waals surface area contributed by atoms with E-state index in [4.69, 9.17) is 0 Å². The predicted molar refractivity (Wildman–Crippen MR) is 106 cm³/mol. The summed E-state index contributed by atoms with van der Waals surface area (Å²) < 4.78 is 0. The molecule has 140 valence electrons. The lowest BCUT2D eigenvalue weighted by Gasteiger charge is -2.13. The van der Waals surface area contributed by atoms with E-state index in [0.717, 1.165) is 16.8 Å². The number of hydrogen-bond acceptors (Lipinski definition) is 6. The SMILES string of the molecule is CNc1ncnc2ccc(-c3cccc(C#C[C@@]4(O)CCN(C)C4=O)c3)nc12. The summed E-state index contributed by atoms with van der Waals surface area (Å²) in [4.78, 5) is 26.7. The second kappa shape index (κ2) is 6.91. The van der Waals surface area contributed by atoms with Crippen LogP contribution in [0.25, 0.3) is 22.3 Å². The van der Waals surface area contributed by atoms with Gasteiger partial charge in [-0.3, -0.25) is 4.79 Å². The Balaban J connectivity index is 1.70. The zero-order valence-corrected chi connectivity index (χ0v) is 15.6. The molecule has 7 nitrogen and oxygen atoms in total. The molecule has 0 saturated carbocycles. The van der Waals surface area contributed by atoms with Crippen molar-refractivity contribution in [2.45, 2.75) is 12.0 Å². The Morgan fingerprint density at radius 1 is 1.25 bits per heavy atom. The van der Waals surface area contributed by atoms with E-state index in [1.54, 1.807) is 14.1 Å². The van der Waals surface area contributed by atoms with Crippen LogP contribution in [0.15, 0.2) is 42.7 Å². The van der Waals surface area contributed by atoms with Crippen molar-refractivity contribution in [1.29, 1.82) is 0 Å². The first-order chi connectivity index (χ1) is 13.5. The third-order valence-electron chi connectivity index (χ3n) is 4.80. The smallest absolute Gasteiger partial charge is 0.267 e. The highest BCUT2D eigenvalue weighted by Gasteiger charge is 2.42. The second-order valence-corrected chi connectivity index (χ2v) is 6.70. The van der Waals surface area contributed by atoms with E-state index >= 15 is 0 Å². The number of anilines is 1. The molecule has 2 aromatic heterocycles. The minimum atomic E-state index is -1.61. The molecule has 0 bridgehead atoms. The zero-order chi connectivity index (χ0) is 19.7. The van der Waals surface area contributed by atoms with Crippen LogP contribution in [0.5, 0.6) is 0 Å². The van der Waals surface area contributed by atoms with Crippen LogP contribution in [0.2, 0.25) is 0 Å². The largest absolute Gasteiger partial charge is 0.371 e. The summed E-state index contributed by atoms with van der Waals surface area (Å²) in [7, 11) is 3.45. The van der Waals surface area contributed by atoms with Gasteiger partial charge in [0.05, 0.1) is 11.2 Å². The molecule has 4 rings (SSSR count). The molecule has 1 aromatic carbocycles. The lowest BCUT2D eigenvalue weighted by atomic mass is 10.0. The van der Waals surface area contributed by atoms with Crippen molar-refractivity contribution in [2.75, 3.05) is 26.0 Å². The van der Waals surface area contributed by atoms with Crippen molar-refractivity contribution in [2.24, 2.45) is 0 Å². The maximum Gasteiger partial charge on any atom is 0.267 e. The molecule has 7 heteroatoms. The van der Waals surface area contributed by atoms with Gasteiger partial charge in [-0.25, -0.2) is 15.0 Å². The highest BCUT2D eigenvalue weighted by Crippen LogP contribution is 2.24. The molecule has 0 radical (unpaired) electrons. The molecule has 1 aliphatic rings. The number of nitrogens with one attached hydrogen (secondary N) is 1. The number of carbonyl (C=O) groups is 1. The van der Waals surface area contributed by atoms with E-state index in [-0.39, 0.29) is 5.91 Å². The Morgan fingerprint density at radius 3 is 2.86 bits per heavy atom. The van der Waals surface area contributed by atoms with Gasteiger partial charge in [0.1, 0.15) is 11.8 Å². The van der Waals surface area contributed by atoms with E-state index in [2.05, 4.69) is 32.1 Å². The summed E-state index contributed by atoms with van der Waals surface area (Å²) in [5.74, 6) is 5.99. The molecule has 1 amide bonds. The van der Waals surface area contributed by atoms with E-state index in [1.807, 2.05) is 36.4 Å². The number of hydrogen-bond donors (Lipinski definition) is 2. The van der Waals surface area contributed by atoms with Gasteiger partial charge < -0.3 is 15.3 Å². The second-order valence-electron chi connectivity index (χ2n) is 6.70. The van der Waals surface area contributed by atoms with Crippen molar-refractivity contribution in [1.82, 2.24) is 19.9 Å². The summed E-state index contributed by atoms with van der Waals surface area (Å²) >= 11 is 0. The Hall–Kier alpha value is -3.50. The first-order valence-electron chi connectivity index (χ1n) is 8.91. The van der Waals surface area contributed by atoms with Crippen LogP contribution < -0.4 is 5.32 Å². The first kappa shape index (κ1) is 17.9. The van der Waals surface area contributed by atoms with Gasteiger partial charge in [-0.2, -0.15) is 0 Å². The Kier molecular flexibility index (Phi) is 4.41. The molecule has 0 aliphatic carbocycles. The maximum absolute atomic E-state index is 12.1. The fraction of sp³-hybridized carbons (Fsp3) is 0.238. The zero-order valence-electron chi connectivity index (χ0n) is 15.6. The lowest BCUT2D eigenvalue weighted by molar-refractivity contribution is -0.137. The summed E-state index contributed by atoms with van der Waals surface area (Å²) in [5, 5.41) is 13.5. The fourth-order valence-electron chi connectivity index (χ4n) is 3.19. The molecule has 1 aliphatic heterocycles. The molecule has 1 atom stereocenters. The lowest BCUT2D eigenvalue weighted by Crippen LogP contribution is -2.37. The molecule has 3 heterocycles. The number of aromatic nitrogens is 3. The number of benzene rings is 1. The van der Waals surface area contributed by atoms with Gasteiger partial charge in [-0.1, -0.05) is 24.0 Å². The van der Waals surface area contributed by atoms with Gasteiger partial charge >= 0.3 is 0 Å². The van der Waals surface area contributed by atoms with Gasteiger partial charge in [0.25, 0.3) is 5.91 Å². The molecule has 0 unspecified atom stereocenters. The van der Waals surface area contributed by atoms with Gasteiger partial charge in [-0.15, -0.1) is 0 Å². The highest BCUT2D eigenvalue weighted by molar-refractivity contribution is 5.90. The van der Waals surface area contributed by atoms with Crippen molar-refractivity contribution in [3.05, 3.63) is 48.3 Å². The van der Waals surface area contributed by atoms with Gasteiger partial charge in [-0.05, 0) is 24.3 Å². The van der Waals surface area contributed by atoms with Crippen molar-refractivity contribution >= 4 is 22.8 Å². The topological polar surface area (TPSA) is 91.2 Å². The molecule has 3 aromatic rings. The minimum Gasteiger partial charge on any atom is -0.371 e. The van der Waals surface area contributed by atoms with E-state index < -0.39 is 5.60 Å². The number of amides is 1. The third-order valence-corrected chi connectivity index (χ3v) is 4.80. The quantitative estimate of drug-likeness (QED) is 0.664. The van der Waals surface area contributed by atoms with Crippen LogP contribution in [0.1, 0.15) is 12.0 Å². The van der Waals surface area contributed by atoms with Crippen LogP contribution in [0.3, 0.4) is 0 Å². The fourth-order valence-corrected chi connectivity index (χ4v) is 3.19. The Labute approximate surface area is 162 Å². The summed E-state index contributed by atoms with van der Waals surface area (Å²) in [5.41, 5.74) is 2.18. The first-order valence-corrected chi connectivity index (χ1v) is 8.91. The highest BCUT2D eigenvalue weighted by atomic mass is 16.3. The Morgan fingerprint density at radius 2 is 2.11 bits per heavy atom. The normalized spacial score (nSPS) is 18.8. The van der Waals surface area contributed by atoms with Crippen LogP contribution in [-0.2, 0) is 4.79 Å². The predicted octanol–water partition coefficient (Wildman–Crippen LogP) is 1.68. The molecular formula is C21H19N5O2. The van der Waals surface area contributed by atoms with Gasteiger partial charge in [0.2, 0.25) is 5.60 Å². The number of nitrogens with zero attached hydrogens (tertiary/aromatic N) is 4. The standard InChI is InChI=1S/C21H19N5O2/c1-22-19-18-17(23-13-24-19)7-6-16(25-18)15-5-3-4-14(12-15)8-9-21(28)10-11-26(2)20(21)27/h3-7,12-13,28H,10-11H2,1-2H3,(H,22,23,24)/t21-/m1/s1. The number of pyridine rings is 1.